The summed E-state index contributed by atoms with van der Waals surface area (Å²) in [5.41, 5.74) is 0. The summed E-state index contributed by atoms with van der Waals surface area (Å²) in [7, 11) is 1.57. The number of hydrogen-bond acceptors (Lipinski definition) is 4. The first-order chi connectivity index (χ1) is 4.86. The lowest BCUT2D eigenvalue weighted by Crippen LogP contribution is -2.23. The van der Waals surface area contributed by atoms with Gasteiger partial charge in [0.05, 0.1) is 6.61 Å². The maximum absolute atomic E-state index is 8.72. The van der Waals surface area contributed by atoms with Crippen LogP contribution in [0.25, 0.3) is 0 Å². The van der Waals surface area contributed by atoms with Crippen molar-refractivity contribution in [2.45, 2.75) is 24.6 Å². The molecule has 1 N–H and O–H groups in total. The minimum Gasteiger partial charge on any atom is -0.394 e. The molecule has 0 spiro atoms. The smallest absolute Gasteiger partial charge is 0.186 e. The van der Waals surface area contributed by atoms with Crippen molar-refractivity contribution in [3.63, 3.8) is 0 Å². The molecule has 2 aliphatic rings. The summed E-state index contributed by atoms with van der Waals surface area (Å²) in [6, 6.07) is 0. The Balaban J connectivity index is 1.95. The van der Waals surface area contributed by atoms with E-state index in [0.717, 1.165) is 0 Å². The van der Waals surface area contributed by atoms with Gasteiger partial charge in [0, 0.05) is 7.11 Å². The Labute approximate surface area is 58.7 Å². The maximum atomic E-state index is 8.72. The van der Waals surface area contributed by atoms with Crippen LogP contribution in [-0.4, -0.2) is 43.4 Å². The number of aliphatic hydroxyl groups is 1. The molecule has 10 heavy (non-hydrogen) atoms. The Morgan fingerprint density at radius 1 is 1.40 bits per heavy atom. The Morgan fingerprint density at radius 2 is 2.20 bits per heavy atom. The molecular formula is C6H10O4. The fraction of sp³-hybridized carbons (Fsp3) is 1.00. The summed E-state index contributed by atoms with van der Waals surface area (Å²) in [5.74, 6) is 0. The molecule has 0 aromatic rings. The Kier molecular flexibility index (Phi) is 1.42. The fourth-order valence-corrected chi connectivity index (χ4v) is 1.32. The highest BCUT2D eigenvalue weighted by atomic mass is 16.8. The Hall–Kier alpha value is -0.160. The van der Waals surface area contributed by atoms with E-state index in [9.17, 15) is 0 Å². The molecule has 0 aliphatic carbocycles. The van der Waals surface area contributed by atoms with Crippen molar-refractivity contribution < 1.29 is 19.3 Å². The van der Waals surface area contributed by atoms with E-state index in [1.807, 2.05) is 0 Å². The van der Waals surface area contributed by atoms with Gasteiger partial charge < -0.3 is 19.3 Å². The van der Waals surface area contributed by atoms with Gasteiger partial charge in [-0.1, -0.05) is 0 Å². The van der Waals surface area contributed by atoms with E-state index in [-0.39, 0.29) is 31.2 Å². The van der Waals surface area contributed by atoms with E-state index in [4.69, 9.17) is 19.3 Å². The number of epoxide rings is 1. The molecule has 58 valence electrons. The molecule has 4 atom stereocenters. The fourth-order valence-electron chi connectivity index (χ4n) is 1.32. The molecular weight excluding hydrogens is 136 g/mol. The highest BCUT2D eigenvalue weighted by Gasteiger charge is 2.58. The maximum Gasteiger partial charge on any atom is 0.186 e. The van der Waals surface area contributed by atoms with Crippen LogP contribution in [0.1, 0.15) is 0 Å². The lowest BCUT2D eigenvalue weighted by atomic mass is 10.2. The molecule has 4 heteroatoms. The molecule has 4 nitrogen and oxygen atoms in total. The number of fused-ring (bicyclic) bond motifs is 1. The summed E-state index contributed by atoms with van der Waals surface area (Å²) in [6.45, 7) is 0.0149. The second-order valence-electron chi connectivity index (χ2n) is 2.53. The van der Waals surface area contributed by atoms with Crippen LogP contribution in [0.2, 0.25) is 0 Å². The highest BCUT2D eigenvalue weighted by Crippen LogP contribution is 2.38. The van der Waals surface area contributed by atoms with Gasteiger partial charge in [-0.3, -0.25) is 0 Å². The number of ether oxygens (including phenoxy) is 3. The molecule has 0 radical (unpaired) electrons. The van der Waals surface area contributed by atoms with Gasteiger partial charge in [-0.15, -0.1) is 0 Å². The molecule has 2 heterocycles. The van der Waals surface area contributed by atoms with Crippen molar-refractivity contribution in [3.8, 4) is 0 Å². The number of aliphatic hydroxyl groups excluding tert-OH is 1. The van der Waals surface area contributed by atoms with Gasteiger partial charge in [0.25, 0.3) is 0 Å². The van der Waals surface area contributed by atoms with Gasteiger partial charge in [0.15, 0.2) is 6.29 Å². The summed E-state index contributed by atoms with van der Waals surface area (Å²) in [5, 5.41) is 8.72. The quantitative estimate of drug-likeness (QED) is 0.514. The lowest BCUT2D eigenvalue weighted by Gasteiger charge is -2.13. The first-order valence-corrected chi connectivity index (χ1v) is 3.31. The minimum atomic E-state index is -0.262. The van der Waals surface area contributed by atoms with Crippen LogP contribution in [-0.2, 0) is 14.2 Å². The molecule has 2 saturated heterocycles. The summed E-state index contributed by atoms with van der Waals surface area (Å²) in [6.07, 6.45) is -0.283. The van der Waals surface area contributed by atoms with Gasteiger partial charge in [0.2, 0.25) is 0 Å². The highest BCUT2D eigenvalue weighted by molar-refractivity contribution is 4.99. The van der Waals surface area contributed by atoms with E-state index in [1.165, 1.54) is 0 Å². The molecule has 0 aromatic heterocycles. The van der Waals surface area contributed by atoms with Gasteiger partial charge in [-0.2, -0.15) is 0 Å². The second kappa shape index (κ2) is 2.17. The molecule has 2 fully saturated rings. The number of methoxy groups -OCH3 is 1. The van der Waals surface area contributed by atoms with Crippen LogP contribution in [0.5, 0.6) is 0 Å². The zero-order valence-corrected chi connectivity index (χ0v) is 5.69. The van der Waals surface area contributed by atoms with Gasteiger partial charge >= 0.3 is 0 Å². The van der Waals surface area contributed by atoms with Crippen molar-refractivity contribution in [2.75, 3.05) is 13.7 Å². The van der Waals surface area contributed by atoms with Crippen LogP contribution in [0.3, 0.4) is 0 Å². The molecule has 0 aromatic carbocycles. The zero-order chi connectivity index (χ0) is 7.14. The number of rotatable bonds is 2. The number of hydrogen-bond donors (Lipinski definition) is 1. The largest absolute Gasteiger partial charge is 0.394 e. The monoisotopic (exact) mass is 146 g/mol. The van der Waals surface area contributed by atoms with Crippen LogP contribution >= 0.6 is 0 Å². The van der Waals surface area contributed by atoms with Gasteiger partial charge in [-0.25, -0.2) is 0 Å². The predicted molar refractivity (Wildman–Crippen MR) is 31.4 cm³/mol. The topological polar surface area (TPSA) is 51.2 Å². The van der Waals surface area contributed by atoms with E-state index in [1.54, 1.807) is 7.11 Å². The van der Waals surface area contributed by atoms with Crippen molar-refractivity contribution >= 4 is 0 Å². The molecule has 2 rings (SSSR count). The molecule has 0 saturated carbocycles. The zero-order valence-electron chi connectivity index (χ0n) is 5.69. The van der Waals surface area contributed by atoms with Crippen LogP contribution < -0.4 is 0 Å². The van der Waals surface area contributed by atoms with E-state index < -0.39 is 0 Å². The summed E-state index contributed by atoms with van der Waals surface area (Å²) in [4.78, 5) is 0. The second-order valence-corrected chi connectivity index (χ2v) is 2.53. The van der Waals surface area contributed by atoms with Crippen LogP contribution in [0, 0.1) is 0 Å². The Morgan fingerprint density at radius 3 is 2.60 bits per heavy atom. The standard InChI is InChI=1S/C6H10O4/c1-8-6-5-4(10-5)3(2-7)9-6/h3-7H,2H2,1H3/t3-,4-,5-,6+/m0/s1. The molecule has 2 aliphatic heterocycles. The molecule has 0 unspecified atom stereocenters. The third kappa shape index (κ3) is 0.769. The normalized spacial score (nSPS) is 51.0. The van der Waals surface area contributed by atoms with Gasteiger partial charge in [0.1, 0.15) is 18.3 Å². The predicted octanol–water partition coefficient (Wildman–Crippen LogP) is -0.883. The third-order valence-electron chi connectivity index (χ3n) is 1.92. The average Bonchev–Trinajstić information content (AvgIpc) is 2.67. The van der Waals surface area contributed by atoms with E-state index in [2.05, 4.69) is 0 Å². The average molecular weight is 146 g/mol. The van der Waals surface area contributed by atoms with Gasteiger partial charge in [-0.05, 0) is 0 Å². The third-order valence-corrected chi connectivity index (χ3v) is 1.92. The lowest BCUT2D eigenvalue weighted by molar-refractivity contribution is -0.166. The minimum absolute atomic E-state index is 0.0149. The SMILES string of the molecule is CO[C@@H]1O[C@@H](CO)[C@@H]2O[C@H]12. The van der Waals surface area contributed by atoms with Crippen LogP contribution in [0.15, 0.2) is 0 Å². The van der Waals surface area contributed by atoms with Crippen molar-refractivity contribution in [3.05, 3.63) is 0 Å². The van der Waals surface area contributed by atoms with Crippen LogP contribution in [0.4, 0.5) is 0 Å². The van der Waals surface area contributed by atoms with Crippen molar-refractivity contribution in [1.29, 1.82) is 0 Å². The van der Waals surface area contributed by atoms with Crippen molar-refractivity contribution in [1.82, 2.24) is 0 Å². The Bertz CT molecular complexity index is 124. The summed E-state index contributed by atoms with van der Waals surface area (Å²) < 4.78 is 15.3. The molecule has 0 amide bonds. The van der Waals surface area contributed by atoms with E-state index in [0.29, 0.717) is 0 Å². The molecule has 0 bridgehead atoms. The van der Waals surface area contributed by atoms with E-state index >= 15 is 0 Å². The summed E-state index contributed by atoms with van der Waals surface area (Å²) >= 11 is 0. The van der Waals surface area contributed by atoms with Crippen molar-refractivity contribution in [2.24, 2.45) is 0 Å². The first-order valence-electron chi connectivity index (χ1n) is 3.31. The first kappa shape index (κ1) is 6.54.